The number of aryl methyl sites for hydroxylation is 1. The summed E-state index contributed by atoms with van der Waals surface area (Å²) in [7, 11) is 2.84. The van der Waals surface area contributed by atoms with Gasteiger partial charge in [0.25, 0.3) is 5.91 Å². The zero-order valence-electron chi connectivity index (χ0n) is 10.0. The number of hydrogen-bond acceptors (Lipinski definition) is 5. The van der Waals surface area contributed by atoms with Gasteiger partial charge in [-0.2, -0.15) is 10.4 Å². The maximum Gasteiger partial charge on any atom is 0.330 e. The first-order chi connectivity index (χ1) is 8.60. The van der Waals surface area contributed by atoms with Gasteiger partial charge >= 0.3 is 5.97 Å². The molecule has 1 heterocycles. The molecular weight excluding hydrogens is 236 g/mol. The lowest BCUT2D eigenvalue weighted by Crippen LogP contribution is -2.24. The Hall–Kier alpha value is -2.62. The number of ether oxygens (including phenoxy) is 1. The van der Waals surface area contributed by atoms with Gasteiger partial charge in [0.2, 0.25) is 0 Å². The minimum Gasteiger partial charge on any atom is -0.466 e. The Bertz CT molecular complexity index is 525. The van der Waals surface area contributed by atoms with Crippen LogP contribution >= 0.6 is 0 Å². The quantitative estimate of drug-likeness (QED) is 0.585. The molecule has 0 atom stereocenters. The number of aromatic nitrogens is 2. The molecule has 18 heavy (non-hydrogen) atoms. The molecule has 0 aromatic carbocycles. The van der Waals surface area contributed by atoms with Gasteiger partial charge in [0, 0.05) is 19.7 Å². The van der Waals surface area contributed by atoms with Crippen LogP contribution in [-0.2, 0) is 16.6 Å². The van der Waals surface area contributed by atoms with E-state index >= 15 is 0 Å². The molecule has 0 radical (unpaired) electrons. The van der Waals surface area contributed by atoms with Gasteiger partial charge in [0.1, 0.15) is 6.07 Å². The van der Waals surface area contributed by atoms with E-state index in [-0.39, 0.29) is 17.8 Å². The third-order valence-corrected chi connectivity index (χ3v) is 2.12. The van der Waals surface area contributed by atoms with Crippen molar-refractivity contribution in [2.75, 3.05) is 13.7 Å². The summed E-state index contributed by atoms with van der Waals surface area (Å²) in [5.74, 6) is -0.919. The van der Waals surface area contributed by atoms with Gasteiger partial charge in [-0.05, 0) is 0 Å². The SMILES string of the molecule is COC(=O)/C=C/CNC(=O)c1cnn(C)c1C#N. The van der Waals surface area contributed by atoms with E-state index < -0.39 is 11.9 Å². The third kappa shape index (κ3) is 3.18. The molecule has 1 rings (SSSR count). The lowest BCUT2D eigenvalue weighted by atomic mass is 10.2. The molecule has 1 aromatic rings. The second-order valence-electron chi connectivity index (χ2n) is 3.28. The highest BCUT2D eigenvalue weighted by Gasteiger charge is 2.14. The number of nitrogens with zero attached hydrogens (tertiary/aromatic N) is 3. The molecule has 0 aliphatic heterocycles. The van der Waals surface area contributed by atoms with Crippen LogP contribution in [0.2, 0.25) is 0 Å². The molecule has 0 bridgehead atoms. The van der Waals surface area contributed by atoms with Crippen molar-refractivity contribution in [3.8, 4) is 6.07 Å². The van der Waals surface area contributed by atoms with Crippen LogP contribution in [0.3, 0.4) is 0 Å². The first-order valence-electron chi connectivity index (χ1n) is 5.05. The van der Waals surface area contributed by atoms with Crippen LogP contribution in [-0.4, -0.2) is 35.3 Å². The van der Waals surface area contributed by atoms with Crippen LogP contribution in [0, 0.1) is 11.3 Å². The second-order valence-corrected chi connectivity index (χ2v) is 3.28. The first-order valence-corrected chi connectivity index (χ1v) is 5.05. The van der Waals surface area contributed by atoms with Gasteiger partial charge in [0.15, 0.2) is 5.69 Å². The van der Waals surface area contributed by atoms with Gasteiger partial charge < -0.3 is 10.1 Å². The fourth-order valence-corrected chi connectivity index (χ4v) is 1.21. The summed E-state index contributed by atoms with van der Waals surface area (Å²) in [5, 5.41) is 15.2. The van der Waals surface area contributed by atoms with Crippen molar-refractivity contribution in [1.29, 1.82) is 5.26 Å². The van der Waals surface area contributed by atoms with E-state index in [4.69, 9.17) is 5.26 Å². The number of nitrogens with one attached hydrogen (secondary N) is 1. The largest absolute Gasteiger partial charge is 0.466 e. The van der Waals surface area contributed by atoms with Crippen LogP contribution in [0.15, 0.2) is 18.3 Å². The Kier molecular flexibility index (Phi) is 4.63. The molecule has 7 heteroatoms. The summed E-state index contributed by atoms with van der Waals surface area (Å²) in [5.41, 5.74) is 0.385. The maximum atomic E-state index is 11.7. The van der Waals surface area contributed by atoms with E-state index in [9.17, 15) is 9.59 Å². The van der Waals surface area contributed by atoms with E-state index in [0.29, 0.717) is 0 Å². The Morgan fingerprint density at radius 3 is 3.00 bits per heavy atom. The van der Waals surface area contributed by atoms with Gasteiger partial charge in [0.05, 0.1) is 18.9 Å². The summed E-state index contributed by atoms with van der Waals surface area (Å²) >= 11 is 0. The highest BCUT2D eigenvalue weighted by molar-refractivity contribution is 5.96. The molecule has 0 saturated carbocycles. The smallest absolute Gasteiger partial charge is 0.330 e. The normalized spacial score (nSPS) is 10.1. The van der Waals surface area contributed by atoms with Crippen molar-refractivity contribution >= 4 is 11.9 Å². The molecule has 1 aromatic heterocycles. The molecule has 1 amide bonds. The van der Waals surface area contributed by atoms with Crippen LogP contribution in [0.1, 0.15) is 16.1 Å². The van der Waals surface area contributed by atoms with Gasteiger partial charge in [-0.3, -0.25) is 9.48 Å². The predicted molar refractivity (Wildman–Crippen MR) is 61.4 cm³/mol. The highest BCUT2D eigenvalue weighted by Crippen LogP contribution is 2.05. The Balaban J connectivity index is 2.59. The molecule has 0 aliphatic carbocycles. The summed E-state index contributed by atoms with van der Waals surface area (Å²) in [6.45, 7) is 0.160. The predicted octanol–water partition coefficient (Wildman–Crippen LogP) is -0.249. The number of nitriles is 1. The minimum absolute atomic E-state index is 0.160. The minimum atomic E-state index is -0.497. The van der Waals surface area contributed by atoms with Crippen LogP contribution < -0.4 is 5.32 Å². The van der Waals surface area contributed by atoms with Crippen molar-refractivity contribution in [3.05, 3.63) is 29.6 Å². The fourth-order valence-electron chi connectivity index (χ4n) is 1.21. The molecule has 0 saturated heterocycles. The molecule has 0 fully saturated rings. The fraction of sp³-hybridized carbons (Fsp3) is 0.273. The van der Waals surface area contributed by atoms with Gasteiger partial charge in [-0.1, -0.05) is 6.08 Å². The van der Waals surface area contributed by atoms with Crippen molar-refractivity contribution in [2.45, 2.75) is 0 Å². The molecular formula is C11H12N4O3. The monoisotopic (exact) mass is 248 g/mol. The summed E-state index contributed by atoms with van der Waals surface area (Å²) in [6.07, 6.45) is 3.97. The van der Waals surface area contributed by atoms with E-state index in [1.165, 1.54) is 30.1 Å². The first kappa shape index (κ1) is 13.4. The third-order valence-electron chi connectivity index (χ3n) is 2.12. The Morgan fingerprint density at radius 2 is 2.39 bits per heavy atom. The summed E-state index contributed by atoms with van der Waals surface area (Å²) < 4.78 is 5.71. The number of methoxy groups -OCH3 is 1. The molecule has 7 nitrogen and oxygen atoms in total. The number of carbonyl (C=O) groups is 2. The number of esters is 1. The average Bonchev–Trinajstić information content (AvgIpc) is 2.75. The summed E-state index contributed by atoms with van der Waals surface area (Å²) in [4.78, 5) is 22.4. The zero-order valence-corrected chi connectivity index (χ0v) is 10.0. The van der Waals surface area contributed by atoms with E-state index in [2.05, 4.69) is 15.2 Å². The van der Waals surface area contributed by atoms with Crippen LogP contribution in [0.4, 0.5) is 0 Å². The molecule has 0 aliphatic rings. The number of amides is 1. The highest BCUT2D eigenvalue weighted by atomic mass is 16.5. The standard InChI is InChI=1S/C11H12N4O3/c1-15-9(6-12)8(7-14-15)11(17)13-5-3-4-10(16)18-2/h3-4,7H,5H2,1-2H3,(H,13,17)/b4-3+. The Labute approximate surface area is 104 Å². The van der Waals surface area contributed by atoms with E-state index in [1.54, 1.807) is 7.05 Å². The summed E-state index contributed by atoms with van der Waals surface area (Å²) in [6, 6.07) is 1.89. The molecule has 0 spiro atoms. The van der Waals surface area contributed by atoms with Gasteiger partial charge in [-0.15, -0.1) is 0 Å². The van der Waals surface area contributed by atoms with Crippen molar-refractivity contribution in [1.82, 2.24) is 15.1 Å². The lowest BCUT2D eigenvalue weighted by Gasteiger charge is -2.00. The molecule has 0 unspecified atom stereocenters. The van der Waals surface area contributed by atoms with Crippen LogP contribution in [0.5, 0.6) is 0 Å². The topological polar surface area (TPSA) is 97.0 Å². The maximum absolute atomic E-state index is 11.7. The van der Waals surface area contributed by atoms with E-state index in [1.807, 2.05) is 6.07 Å². The Morgan fingerprint density at radius 1 is 1.67 bits per heavy atom. The zero-order chi connectivity index (χ0) is 13.5. The average molecular weight is 248 g/mol. The molecule has 1 N–H and O–H groups in total. The van der Waals surface area contributed by atoms with Crippen molar-refractivity contribution in [2.24, 2.45) is 7.05 Å². The van der Waals surface area contributed by atoms with Crippen LogP contribution in [0.25, 0.3) is 0 Å². The van der Waals surface area contributed by atoms with E-state index in [0.717, 1.165) is 0 Å². The van der Waals surface area contributed by atoms with Crippen molar-refractivity contribution in [3.63, 3.8) is 0 Å². The molecule has 94 valence electrons. The number of rotatable bonds is 4. The van der Waals surface area contributed by atoms with Gasteiger partial charge in [-0.25, -0.2) is 4.79 Å². The number of carbonyl (C=O) groups excluding carboxylic acids is 2. The lowest BCUT2D eigenvalue weighted by molar-refractivity contribution is -0.134. The van der Waals surface area contributed by atoms with Crippen molar-refractivity contribution < 1.29 is 14.3 Å². The number of hydrogen-bond donors (Lipinski definition) is 1. The second kappa shape index (κ2) is 6.20.